The van der Waals surface area contributed by atoms with Gasteiger partial charge in [-0.2, -0.15) is 0 Å². The normalized spacial score (nSPS) is 16.0. The summed E-state index contributed by atoms with van der Waals surface area (Å²) in [7, 11) is 0. The van der Waals surface area contributed by atoms with Crippen LogP contribution in [0.15, 0.2) is 52.9 Å². The Morgan fingerprint density at radius 3 is 2.70 bits per heavy atom. The van der Waals surface area contributed by atoms with Crippen LogP contribution in [0.2, 0.25) is 0 Å². The summed E-state index contributed by atoms with van der Waals surface area (Å²) in [5.74, 6) is 2.51. The zero-order chi connectivity index (χ0) is 23.0. The van der Waals surface area contributed by atoms with E-state index in [1.165, 1.54) is 49.9 Å². The first-order chi connectivity index (χ1) is 16.2. The molecule has 2 heterocycles. The summed E-state index contributed by atoms with van der Waals surface area (Å²) in [5, 5.41) is 0. The molecule has 4 rings (SSSR count). The van der Waals surface area contributed by atoms with Crippen molar-refractivity contribution in [3.63, 3.8) is 0 Å². The molecule has 1 aliphatic rings. The summed E-state index contributed by atoms with van der Waals surface area (Å²) < 4.78 is 12.1. The van der Waals surface area contributed by atoms with Crippen LogP contribution in [-0.4, -0.2) is 29.6 Å². The summed E-state index contributed by atoms with van der Waals surface area (Å²) in [4.78, 5) is 7.39. The molecule has 1 aromatic heterocycles. The largest absolute Gasteiger partial charge is 0.493 e. The van der Waals surface area contributed by atoms with Gasteiger partial charge in [-0.15, -0.1) is 0 Å². The van der Waals surface area contributed by atoms with Gasteiger partial charge in [0.25, 0.3) is 0 Å². The highest BCUT2D eigenvalue weighted by Crippen LogP contribution is 2.35. The SMILES string of the molecule is CCCCCCN1CCc2ccc(OCCc3nc(-c4ccccc4)oc3C)cc2C1CC. The second-order valence-electron chi connectivity index (χ2n) is 9.12. The molecule has 0 fully saturated rings. The van der Waals surface area contributed by atoms with E-state index < -0.39 is 0 Å². The average Bonchev–Trinajstić information content (AvgIpc) is 3.22. The summed E-state index contributed by atoms with van der Waals surface area (Å²) in [6, 6.07) is 17.3. The minimum atomic E-state index is 0.505. The average molecular weight is 447 g/mol. The van der Waals surface area contributed by atoms with Crippen molar-refractivity contribution in [2.75, 3.05) is 19.7 Å². The fourth-order valence-electron chi connectivity index (χ4n) is 4.93. The highest BCUT2D eigenvalue weighted by atomic mass is 16.5. The molecule has 4 nitrogen and oxygen atoms in total. The van der Waals surface area contributed by atoms with Gasteiger partial charge in [-0.05, 0) is 68.1 Å². The maximum atomic E-state index is 6.19. The molecule has 0 aliphatic carbocycles. The Hall–Kier alpha value is -2.59. The Balaban J connectivity index is 1.37. The molecular weight excluding hydrogens is 408 g/mol. The molecule has 0 amide bonds. The van der Waals surface area contributed by atoms with Gasteiger partial charge in [-0.1, -0.05) is 57.4 Å². The predicted molar refractivity (Wildman–Crippen MR) is 135 cm³/mol. The minimum absolute atomic E-state index is 0.505. The Labute approximate surface area is 199 Å². The lowest BCUT2D eigenvalue weighted by Crippen LogP contribution is -2.36. The molecule has 1 aliphatic heterocycles. The third-order valence-corrected chi connectivity index (χ3v) is 6.79. The van der Waals surface area contributed by atoms with E-state index in [1.807, 2.05) is 37.3 Å². The molecular formula is C29H38N2O2. The topological polar surface area (TPSA) is 38.5 Å². The highest BCUT2D eigenvalue weighted by Gasteiger charge is 2.26. The Morgan fingerprint density at radius 2 is 1.91 bits per heavy atom. The van der Waals surface area contributed by atoms with Crippen LogP contribution >= 0.6 is 0 Å². The number of benzene rings is 2. The number of hydrogen-bond acceptors (Lipinski definition) is 4. The van der Waals surface area contributed by atoms with Crippen LogP contribution in [-0.2, 0) is 12.8 Å². The van der Waals surface area contributed by atoms with Gasteiger partial charge in [0.2, 0.25) is 5.89 Å². The van der Waals surface area contributed by atoms with E-state index in [1.54, 1.807) is 0 Å². The van der Waals surface area contributed by atoms with Crippen LogP contribution in [0.3, 0.4) is 0 Å². The second kappa shape index (κ2) is 11.5. The number of aromatic nitrogens is 1. The van der Waals surface area contributed by atoms with Crippen LogP contribution in [0.4, 0.5) is 0 Å². The van der Waals surface area contributed by atoms with Gasteiger partial charge in [0.1, 0.15) is 11.5 Å². The van der Waals surface area contributed by atoms with E-state index in [2.05, 4.69) is 36.9 Å². The van der Waals surface area contributed by atoms with E-state index in [4.69, 9.17) is 14.1 Å². The molecule has 1 atom stereocenters. The molecule has 2 aromatic carbocycles. The Kier molecular flexibility index (Phi) is 8.22. The van der Waals surface area contributed by atoms with E-state index in [0.29, 0.717) is 18.5 Å². The lowest BCUT2D eigenvalue weighted by molar-refractivity contribution is 0.175. The van der Waals surface area contributed by atoms with Crippen LogP contribution in [0.25, 0.3) is 11.5 Å². The highest BCUT2D eigenvalue weighted by molar-refractivity contribution is 5.53. The van der Waals surface area contributed by atoms with Gasteiger partial charge in [-0.3, -0.25) is 4.90 Å². The maximum Gasteiger partial charge on any atom is 0.226 e. The molecule has 33 heavy (non-hydrogen) atoms. The van der Waals surface area contributed by atoms with Crippen LogP contribution in [0, 0.1) is 6.92 Å². The molecule has 0 spiro atoms. The molecule has 3 aromatic rings. The molecule has 176 valence electrons. The van der Waals surface area contributed by atoms with Gasteiger partial charge in [0.15, 0.2) is 0 Å². The van der Waals surface area contributed by atoms with Crippen molar-refractivity contribution in [2.24, 2.45) is 0 Å². The van der Waals surface area contributed by atoms with E-state index in [0.717, 1.165) is 42.0 Å². The standard InChI is InChI=1S/C29H38N2O2/c1-4-6-7-11-18-31-19-16-23-14-15-25(21-26(23)28(31)5-2)32-20-17-27-22(3)33-29(30-27)24-12-9-8-10-13-24/h8-10,12-15,21,28H,4-7,11,16-20H2,1-3H3. The van der Waals surface area contributed by atoms with E-state index in [9.17, 15) is 0 Å². The van der Waals surface area contributed by atoms with Crippen molar-refractivity contribution in [3.05, 3.63) is 71.1 Å². The van der Waals surface area contributed by atoms with Gasteiger partial charge in [0, 0.05) is 24.6 Å². The van der Waals surface area contributed by atoms with Crippen LogP contribution < -0.4 is 4.74 Å². The number of unbranched alkanes of at least 4 members (excludes halogenated alkanes) is 3. The van der Waals surface area contributed by atoms with Crippen molar-refractivity contribution in [1.29, 1.82) is 0 Å². The monoisotopic (exact) mass is 446 g/mol. The number of ether oxygens (including phenoxy) is 1. The minimum Gasteiger partial charge on any atom is -0.493 e. The Bertz CT molecular complexity index is 1010. The summed E-state index contributed by atoms with van der Waals surface area (Å²) in [5.41, 5.74) is 4.92. The zero-order valence-electron chi connectivity index (χ0n) is 20.5. The quantitative estimate of drug-likeness (QED) is 0.293. The summed E-state index contributed by atoms with van der Waals surface area (Å²) in [6.07, 6.45) is 8.30. The van der Waals surface area contributed by atoms with Gasteiger partial charge >= 0.3 is 0 Å². The number of aryl methyl sites for hydroxylation is 1. The molecule has 1 unspecified atom stereocenters. The molecule has 0 saturated heterocycles. The number of rotatable bonds is 11. The first-order valence-electron chi connectivity index (χ1n) is 12.7. The number of nitrogens with zero attached hydrogens (tertiary/aromatic N) is 2. The second-order valence-corrected chi connectivity index (χ2v) is 9.12. The Morgan fingerprint density at radius 1 is 1.06 bits per heavy atom. The summed E-state index contributed by atoms with van der Waals surface area (Å²) in [6.45, 7) is 9.54. The first-order valence-corrected chi connectivity index (χ1v) is 12.7. The van der Waals surface area contributed by atoms with E-state index in [-0.39, 0.29) is 0 Å². The van der Waals surface area contributed by atoms with Crippen molar-refractivity contribution in [2.45, 2.75) is 71.8 Å². The summed E-state index contributed by atoms with van der Waals surface area (Å²) >= 11 is 0. The van der Waals surface area contributed by atoms with Gasteiger partial charge < -0.3 is 9.15 Å². The predicted octanol–water partition coefficient (Wildman–Crippen LogP) is 7.16. The van der Waals surface area contributed by atoms with Crippen molar-refractivity contribution >= 4 is 0 Å². The lowest BCUT2D eigenvalue weighted by Gasteiger charge is -2.37. The lowest BCUT2D eigenvalue weighted by atomic mass is 9.90. The number of oxazole rings is 1. The first kappa shape index (κ1) is 23.6. The smallest absolute Gasteiger partial charge is 0.226 e. The van der Waals surface area contributed by atoms with E-state index >= 15 is 0 Å². The molecule has 0 N–H and O–H groups in total. The number of fused-ring (bicyclic) bond motifs is 1. The van der Waals surface area contributed by atoms with Gasteiger partial charge in [0.05, 0.1) is 12.3 Å². The maximum absolute atomic E-state index is 6.19. The molecule has 4 heteroatoms. The van der Waals surface area contributed by atoms with Crippen molar-refractivity contribution < 1.29 is 9.15 Å². The fourth-order valence-corrected chi connectivity index (χ4v) is 4.93. The fraction of sp³-hybridized carbons (Fsp3) is 0.483. The van der Waals surface area contributed by atoms with Crippen LogP contribution in [0.5, 0.6) is 5.75 Å². The van der Waals surface area contributed by atoms with Crippen molar-refractivity contribution in [1.82, 2.24) is 9.88 Å². The third-order valence-electron chi connectivity index (χ3n) is 6.79. The number of hydrogen-bond donors (Lipinski definition) is 0. The van der Waals surface area contributed by atoms with Gasteiger partial charge in [-0.25, -0.2) is 4.98 Å². The molecule has 0 saturated carbocycles. The van der Waals surface area contributed by atoms with Crippen LogP contribution in [0.1, 0.15) is 74.6 Å². The zero-order valence-corrected chi connectivity index (χ0v) is 20.5. The third kappa shape index (κ3) is 5.86. The molecule has 0 bridgehead atoms. The molecule has 0 radical (unpaired) electrons. The van der Waals surface area contributed by atoms with Crippen molar-refractivity contribution in [3.8, 4) is 17.2 Å².